The van der Waals surface area contributed by atoms with E-state index in [1.165, 1.54) is 35.2 Å². The number of aromatic nitrogens is 1. The van der Waals surface area contributed by atoms with Crippen LogP contribution in [0.1, 0.15) is 48.7 Å². The van der Waals surface area contributed by atoms with Gasteiger partial charge in [0.1, 0.15) is 5.69 Å². The standard InChI is InChI=1S/C27H22F9N3OS/c1-24(2,17-8-11-22(37-14-17)26(31,32)33)38-20-13-21(15-4-3-5-19(12-15)41-27(34,35)36)39(23(20)40)18-9-6-16(7-10-18)25(28,29)30/h3-12,14,20-21,38H,13H2,1-2H3/t20-,21-/m1/s1. The van der Waals surface area contributed by atoms with E-state index in [0.717, 1.165) is 36.5 Å². The Labute approximate surface area is 232 Å². The second kappa shape index (κ2) is 10.9. The highest BCUT2D eigenvalue weighted by atomic mass is 32.2. The molecule has 1 aliphatic heterocycles. The number of benzene rings is 2. The van der Waals surface area contributed by atoms with E-state index in [1.54, 1.807) is 13.8 Å². The summed E-state index contributed by atoms with van der Waals surface area (Å²) < 4.78 is 117. The van der Waals surface area contributed by atoms with Crippen LogP contribution in [-0.4, -0.2) is 22.4 Å². The van der Waals surface area contributed by atoms with E-state index < -0.39 is 52.6 Å². The first-order valence-electron chi connectivity index (χ1n) is 12.0. The summed E-state index contributed by atoms with van der Waals surface area (Å²) in [4.78, 5) is 18.2. The zero-order chi connectivity index (χ0) is 30.4. The molecule has 1 fully saturated rings. The maximum absolute atomic E-state index is 13.7. The molecule has 2 atom stereocenters. The van der Waals surface area contributed by atoms with E-state index >= 15 is 0 Å². The first kappa shape index (κ1) is 30.7. The van der Waals surface area contributed by atoms with Crippen LogP contribution in [0, 0.1) is 0 Å². The number of nitrogens with one attached hydrogen (secondary N) is 1. The molecule has 0 radical (unpaired) electrons. The highest BCUT2D eigenvalue weighted by Gasteiger charge is 2.44. The zero-order valence-electron chi connectivity index (χ0n) is 21.3. The molecule has 14 heteroatoms. The Morgan fingerprint density at radius 2 is 1.49 bits per heavy atom. The molecule has 1 N–H and O–H groups in total. The number of amides is 1. The van der Waals surface area contributed by atoms with Crippen molar-refractivity contribution in [2.75, 3.05) is 4.90 Å². The van der Waals surface area contributed by atoms with Crippen molar-refractivity contribution >= 4 is 23.4 Å². The third-order valence-corrected chi connectivity index (χ3v) is 7.29. The molecule has 4 nitrogen and oxygen atoms in total. The van der Waals surface area contributed by atoms with Crippen LogP contribution in [0.3, 0.4) is 0 Å². The lowest BCUT2D eigenvalue weighted by Gasteiger charge is -2.30. The predicted octanol–water partition coefficient (Wildman–Crippen LogP) is 8.10. The summed E-state index contributed by atoms with van der Waals surface area (Å²) in [5.74, 6) is -0.573. The minimum atomic E-state index is -4.65. The Hall–Kier alpha value is -3.26. The Balaban J connectivity index is 1.68. The van der Waals surface area contributed by atoms with Gasteiger partial charge < -0.3 is 4.90 Å². The number of anilines is 1. The second-order valence-corrected chi connectivity index (χ2v) is 11.0. The van der Waals surface area contributed by atoms with Gasteiger partial charge >= 0.3 is 17.9 Å². The molecule has 220 valence electrons. The number of hydrogen-bond donors (Lipinski definition) is 1. The Bertz CT molecular complexity index is 1390. The summed E-state index contributed by atoms with van der Waals surface area (Å²) in [6.07, 6.45) is -8.23. The van der Waals surface area contributed by atoms with Gasteiger partial charge in [-0.25, -0.2) is 0 Å². The monoisotopic (exact) mass is 607 g/mol. The molecular formula is C27H22F9N3OS. The molecule has 2 heterocycles. The van der Waals surface area contributed by atoms with Crippen LogP contribution in [0.2, 0.25) is 0 Å². The average molecular weight is 608 g/mol. The van der Waals surface area contributed by atoms with Crippen molar-refractivity contribution in [1.29, 1.82) is 0 Å². The van der Waals surface area contributed by atoms with Gasteiger partial charge in [-0.1, -0.05) is 18.2 Å². The molecule has 41 heavy (non-hydrogen) atoms. The number of halogens is 9. The number of alkyl halides is 9. The smallest absolute Gasteiger partial charge is 0.304 e. The van der Waals surface area contributed by atoms with Gasteiger partial charge in [-0.2, -0.15) is 39.5 Å². The van der Waals surface area contributed by atoms with Gasteiger partial charge in [0.05, 0.1) is 17.6 Å². The molecule has 0 saturated carbocycles. The molecule has 4 rings (SSSR count). The summed E-state index contributed by atoms with van der Waals surface area (Å²) >= 11 is -0.344. The van der Waals surface area contributed by atoms with Crippen molar-refractivity contribution in [2.24, 2.45) is 0 Å². The molecule has 0 bridgehead atoms. The molecule has 1 saturated heterocycles. The number of hydrogen-bond acceptors (Lipinski definition) is 4. The molecule has 0 unspecified atom stereocenters. The lowest BCUT2D eigenvalue weighted by atomic mass is 9.93. The number of thioether (sulfide) groups is 1. The van der Waals surface area contributed by atoms with Gasteiger partial charge in [0.2, 0.25) is 5.91 Å². The fourth-order valence-corrected chi connectivity index (χ4v) is 5.25. The Morgan fingerprint density at radius 1 is 0.854 bits per heavy atom. The van der Waals surface area contributed by atoms with Crippen molar-refractivity contribution in [3.8, 4) is 0 Å². The fourth-order valence-electron chi connectivity index (χ4n) is 4.64. The average Bonchev–Trinajstić information content (AvgIpc) is 3.17. The van der Waals surface area contributed by atoms with Crippen molar-refractivity contribution in [3.05, 3.63) is 89.2 Å². The summed E-state index contributed by atoms with van der Waals surface area (Å²) in [5, 5.41) is 3.09. The second-order valence-electron chi connectivity index (χ2n) is 9.88. The molecule has 2 aromatic carbocycles. The van der Waals surface area contributed by atoms with Gasteiger partial charge in [-0.05, 0) is 85.6 Å². The number of nitrogens with zero attached hydrogens (tertiary/aromatic N) is 2. The lowest BCUT2D eigenvalue weighted by Crippen LogP contribution is -2.47. The topological polar surface area (TPSA) is 45.2 Å². The highest BCUT2D eigenvalue weighted by Crippen LogP contribution is 2.43. The summed E-state index contributed by atoms with van der Waals surface area (Å²) in [7, 11) is 0. The zero-order valence-corrected chi connectivity index (χ0v) is 22.1. The molecule has 1 aromatic heterocycles. The van der Waals surface area contributed by atoms with Gasteiger partial charge in [0, 0.05) is 22.3 Å². The SMILES string of the molecule is CC(C)(N[C@@H]1C[C@H](c2cccc(SC(F)(F)F)c2)N(c2ccc(C(F)(F)F)cc2)C1=O)c1ccc(C(F)(F)F)nc1. The molecule has 0 aliphatic carbocycles. The first-order valence-corrected chi connectivity index (χ1v) is 12.8. The third-order valence-electron chi connectivity index (χ3n) is 6.57. The molecule has 0 spiro atoms. The number of carbonyl (C=O) groups is 1. The van der Waals surface area contributed by atoms with Crippen LogP contribution in [-0.2, 0) is 22.7 Å². The Morgan fingerprint density at radius 3 is 2.02 bits per heavy atom. The van der Waals surface area contributed by atoms with Gasteiger partial charge in [0.25, 0.3) is 0 Å². The van der Waals surface area contributed by atoms with E-state index in [-0.39, 0.29) is 28.8 Å². The van der Waals surface area contributed by atoms with E-state index in [4.69, 9.17) is 0 Å². The molecule has 1 aliphatic rings. The maximum atomic E-state index is 13.7. The summed E-state index contributed by atoms with van der Waals surface area (Å²) in [5.41, 5.74) is -6.96. The van der Waals surface area contributed by atoms with E-state index in [0.29, 0.717) is 11.1 Å². The van der Waals surface area contributed by atoms with Gasteiger partial charge in [-0.3, -0.25) is 15.1 Å². The van der Waals surface area contributed by atoms with Crippen molar-refractivity contribution < 1.29 is 44.3 Å². The molecule has 3 aromatic rings. The van der Waals surface area contributed by atoms with Crippen LogP contribution >= 0.6 is 11.8 Å². The minimum Gasteiger partial charge on any atom is -0.304 e. The molecular weight excluding hydrogens is 585 g/mol. The third kappa shape index (κ3) is 7.15. The van der Waals surface area contributed by atoms with Gasteiger partial charge in [0.15, 0.2) is 0 Å². The van der Waals surface area contributed by atoms with Gasteiger partial charge in [-0.15, -0.1) is 0 Å². The fraction of sp³-hybridized carbons (Fsp3) is 0.333. The number of rotatable bonds is 6. The van der Waals surface area contributed by atoms with Crippen LogP contribution in [0.5, 0.6) is 0 Å². The maximum Gasteiger partial charge on any atom is 0.446 e. The summed E-state index contributed by atoms with van der Waals surface area (Å²) in [6.45, 7) is 3.22. The highest BCUT2D eigenvalue weighted by molar-refractivity contribution is 8.00. The molecule has 1 amide bonds. The summed E-state index contributed by atoms with van der Waals surface area (Å²) in [6, 6.07) is 9.40. The van der Waals surface area contributed by atoms with E-state index in [1.807, 2.05) is 0 Å². The first-order chi connectivity index (χ1) is 18.8. The van der Waals surface area contributed by atoms with Crippen molar-refractivity contribution in [3.63, 3.8) is 0 Å². The van der Waals surface area contributed by atoms with Crippen LogP contribution in [0.25, 0.3) is 0 Å². The predicted molar refractivity (Wildman–Crippen MR) is 134 cm³/mol. The van der Waals surface area contributed by atoms with Crippen LogP contribution in [0.4, 0.5) is 45.2 Å². The van der Waals surface area contributed by atoms with Crippen LogP contribution in [0.15, 0.2) is 71.8 Å². The normalized spacial score (nSPS) is 18.7. The van der Waals surface area contributed by atoms with Crippen LogP contribution < -0.4 is 10.2 Å². The lowest BCUT2D eigenvalue weighted by molar-refractivity contribution is -0.141. The van der Waals surface area contributed by atoms with Crippen molar-refractivity contribution in [1.82, 2.24) is 10.3 Å². The largest absolute Gasteiger partial charge is 0.446 e. The van der Waals surface area contributed by atoms with Crippen molar-refractivity contribution in [2.45, 2.75) is 60.6 Å². The van der Waals surface area contributed by atoms with E-state index in [9.17, 15) is 44.3 Å². The Kier molecular flexibility index (Phi) is 8.13. The number of pyridine rings is 1. The quantitative estimate of drug-likeness (QED) is 0.227. The minimum absolute atomic E-state index is 0.0114. The number of carbonyl (C=O) groups excluding carboxylic acids is 1. The van der Waals surface area contributed by atoms with E-state index in [2.05, 4.69) is 10.3 Å².